The first-order valence-corrected chi connectivity index (χ1v) is 6.95. The summed E-state index contributed by atoms with van der Waals surface area (Å²) in [5.41, 5.74) is -1.71. The molecule has 0 aliphatic carbocycles. The molecule has 0 aliphatic rings. The van der Waals surface area contributed by atoms with Gasteiger partial charge in [0, 0.05) is 22.7 Å². The highest BCUT2D eigenvalue weighted by Gasteiger charge is 2.32. The Hall–Kier alpha value is -3.16. The van der Waals surface area contributed by atoms with Crippen LogP contribution in [-0.2, 0) is 6.18 Å². The lowest BCUT2D eigenvalue weighted by Gasteiger charge is -2.10. The van der Waals surface area contributed by atoms with Gasteiger partial charge in [0.25, 0.3) is 5.91 Å². The highest BCUT2D eigenvalue weighted by atomic mass is 19.4. The minimum Gasteiger partial charge on any atom is -0.423 e. The standard InChI is InChI=1S/C17H9F4NO3/c18-12-6-10(5-11(8-12)17(19,20)21)16(24)22-13-2-3-14-9(7-13)1-4-15(23)25-14/h1-8H,(H,22,24). The van der Waals surface area contributed by atoms with Crippen LogP contribution in [-0.4, -0.2) is 5.91 Å². The maximum Gasteiger partial charge on any atom is 0.416 e. The number of carbonyl (C=O) groups excluding carboxylic acids is 1. The Kier molecular flexibility index (Phi) is 4.03. The number of alkyl halides is 3. The van der Waals surface area contributed by atoms with Crippen molar-refractivity contribution in [1.82, 2.24) is 0 Å². The summed E-state index contributed by atoms with van der Waals surface area (Å²) >= 11 is 0. The Morgan fingerprint density at radius 3 is 2.48 bits per heavy atom. The molecule has 1 aromatic heterocycles. The molecule has 1 N–H and O–H groups in total. The summed E-state index contributed by atoms with van der Waals surface area (Å²) < 4.78 is 56.4. The Morgan fingerprint density at radius 1 is 1.00 bits per heavy atom. The number of halogens is 4. The van der Waals surface area contributed by atoms with Crippen LogP contribution in [0.2, 0.25) is 0 Å². The zero-order chi connectivity index (χ0) is 18.2. The van der Waals surface area contributed by atoms with E-state index in [0.29, 0.717) is 23.6 Å². The molecule has 0 spiro atoms. The molecular formula is C17H9F4NO3. The number of hydrogen-bond acceptors (Lipinski definition) is 3. The van der Waals surface area contributed by atoms with Gasteiger partial charge in [0.2, 0.25) is 0 Å². The van der Waals surface area contributed by atoms with Gasteiger partial charge in [-0.2, -0.15) is 13.2 Å². The molecule has 0 aliphatic heterocycles. The smallest absolute Gasteiger partial charge is 0.416 e. The second kappa shape index (κ2) is 6.04. The summed E-state index contributed by atoms with van der Waals surface area (Å²) in [6.45, 7) is 0. The second-order valence-electron chi connectivity index (χ2n) is 5.19. The number of fused-ring (bicyclic) bond motifs is 1. The zero-order valence-corrected chi connectivity index (χ0v) is 12.4. The van der Waals surface area contributed by atoms with Crippen molar-refractivity contribution >= 4 is 22.6 Å². The second-order valence-corrected chi connectivity index (χ2v) is 5.19. The van der Waals surface area contributed by atoms with Gasteiger partial charge in [-0.15, -0.1) is 0 Å². The maximum absolute atomic E-state index is 13.4. The van der Waals surface area contributed by atoms with E-state index in [1.54, 1.807) is 0 Å². The van der Waals surface area contributed by atoms with Crippen LogP contribution in [0.4, 0.5) is 23.2 Å². The molecule has 0 radical (unpaired) electrons. The molecule has 0 saturated carbocycles. The Balaban J connectivity index is 1.91. The van der Waals surface area contributed by atoms with E-state index >= 15 is 0 Å². The predicted octanol–water partition coefficient (Wildman–Crippen LogP) is 4.20. The summed E-state index contributed by atoms with van der Waals surface area (Å²) in [5, 5.41) is 2.89. The number of rotatable bonds is 2. The Bertz CT molecular complexity index is 1020. The van der Waals surface area contributed by atoms with Gasteiger partial charge in [-0.1, -0.05) is 0 Å². The average molecular weight is 351 g/mol. The van der Waals surface area contributed by atoms with Gasteiger partial charge in [-0.3, -0.25) is 4.79 Å². The molecule has 0 unspecified atom stereocenters. The van der Waals surface area contributed by atoms with Crippen LogP contribution in [0.25, 0.3) is 11.0 Å². The third-order valence-electron chi connectivity index (χ3n) is 3.36. The summed E-state index contributed by atoms with van der Waals surface area (Å²) in [6, 6.07) is 8.57. The number of hydrogen-bond donors (Lipinski definition) is 1. The number of nitrogens with one attached hydrogen (secondary N) is 1. The number of benzene rings is 2. The highest BCUT2D eigenvalue weighted by molar-refractivity contribution is 6.05. The topological polar surface area (TPSA) is 59.3 Å². The number of amides is 1. The lowest BCUT2D eigenvalue weighted by atomic mass is 10.1. The van der Waals surface area contributed by atoms with Gasteiger partial charge < -0.3 is 9.73 Å². The van der Waals surface area contributed by atoms with E-state index in [9.17, 15) is 27.2 Å². The highest BCUT2D eigenvalue weighted by Crippen LogP contribution is 2.30. The molecule has 4 nitrogen and oxygen atoms in total. The fraction of sp³-hybridized carbons (Fsp3) is 0.0588. The van der Waals surface area contributed by atoms with E-state index in [2.05, 4.69) is 5.32 Å². The quantitative estimate of drug-likeness (QED) is 0.556. The molecule has 1 heterocycles. The van der Waals surface area contributed by atoms with Crippen LogP contribution in [0, 0.1) is 5.82 Å². The van der Waals surface area contributed by atoms with E-state index in [1.807, 2.05) is 0 Å². The molecule has 0 saturated heterocycles. The first-order chi connectivity index (χ1) is 11.7. The van der Waals surface area contributed by atoms with E-state index in [-0.39, 0.29) is 11.3 Å². The van der Waals surface area contributed by atoms with Gasteiger partial charge in [0.15, 0.2) is 0 Å². The molecule has 25 heavy (non-hydrogen) atoms. The maximum atomic E-state index is 13.4. The third kappa shape index (κ3) is 3.68. The molecule has 8 heteroatoms. The fourth-order valence-electron chi connectivity index (χ4n) is 2.24. The van der Waals surface area contributed by atoms with Gasteiger partial charge in [0.05, 0.1) is 5.56 Å². The van der Waals surface area contributed by atoms with E-state index in [0.717, 1.165) is 0 Å². The van der Waals surface area contributed by atoms with Crippen LogP contribution in [0.5, 0.6) is 0 Å². The van der Waals surface area contributed by atoms with Gasteiger partial charge in [0.1, 0.15) is 11.4 Å². The van der Waals surface area contributed by atoms with Crippen molar-refractivity contribution in [2.75, 3.05) is 5.32 Å². The minimum atomic E-state index is -4.77. The lowest BCUT2D eigenvalue weighted by Crippen LogP contribution is -2.14. The zero-order valence-electron chi connectivity index (χ0n) is 12.4. The largest absolute Gasteiger partial charge is 0.423 e. The molecule has 128 valence electrons. The normalized spacial score (nSPS) is 11.5. The van der Waals surface area contributed by atoms with Crippen molar-refractivity contribution in [2.24, 2.45) is 0 Å². The average Bonchev–Trinajstić information content (AvgIpc) is 2.53. The van der Waals surface area contributed by atoms with Crippen LogP contribution < -0.4 is 10.9 Å². The summed E-state index contributed by atoms with van der Waals surface area (Å²) in [4.78, 5) is 23.2. The van der Waals surface area contributed by atoms with E-state index in [1.165, 1.54) is 30.3 Å². The molecule has 2 aromatic carbocycles. The first-order valence-electron chi connectivity index (χ1n) is 6.95. The van der Waals surface area contributed by atoms with Crippen molar-refractivity contribution in [3.63, 3.8) is 0 Å². The van der Waals surface area contributed by atoms with Crippen molar-refractivity contribution in [3.05, 3.63) is 75.9 Å². The van der Waals surface area contributed by atoms with Gasteiger partial charge >= 0.3 is 11.8 Å². The molecule has 0 fully saturated rings. The van der Waals surface area contributed by atoms with Crippen molar-refractivity contribution < 1.29 is 26.8 Å². The SMILES string of the molecule is O=C(Nc1ccc2oc(=O)ccc2c1)c1cc(F)cc(C(F)(F)F)c1. The van der Waals surface area contributed by atoms with Crippen molar-refractivity contribution in [2.45, 2.75) is 6.18 Å². The first kappa shape index (κ1) is 16.7. The lowest BCUT2D eigenvalue weighted by molar-refractivity contribution is -0.137. The van der Waals surface area contributed by atoms with Crippen LogP contribution in [0.15, 0.2) is 57.7 Å². The molecule has 0 bridgehead atoms. The minimum absolute atomic E-state index is 0.254. The monoisotopic (exact) mass is 351 g/mol. The molecule has 1 amide bonds. The number of carbonyl (C=O) groups is 1. The van der Waals surface area contributed by atoms with Crippen molar-refractivity contribution in [1.29, 1.82) is 0 Å². The summed E-state index contributed by atoms with van der Waals surface area (Å²) in [5.74, 6) is -2.07. The van der Waals surface area contributed by atoms with Crippen LogP contribution in [0.1, 0.15) is 15.9 Å². The Morgan fingerprint density at radius 2 is 1.76 bits per heavy atom. The van der Waals surface area contributed by atoms with E-state index < -0.39 is 34.7 Å². The predicted molar refractivity (Wildman–Crippen MR) is 81.8 cm³/mol. The summed E-state index contributed by atoms with van der Waals surface area (Å²) in [7, 11) is 0. The number of anilines is 1. The molecule has 3 rings (SSSR count). The van der Waals surface area contributed by atoms with E-state index in [4.69, 9.17) is 4.42 Å². The van der Waals surface area contributed by atoms with Crippen LogP contribution >= 0.6 is 0 Å². The molecule has 0 atom stereocenters. The molecular weight excluding hydrogens is 342 g/mol. The third-order valence-corrected chi connectivity index (χ3v) is 3.36. The van der Waals surface area contributed by atoms with Gasteiger partial charge in [-0.05, 0) is 42.5 Å². The van der Waals surface area contributed by atoms with Crippen LogP contribution in [0.3, 0.4) is 0 Å². The summed E-state index contributed by atoms with van der Waals surface area (Å²) in [6.07, 6.45) is -4.77. The Labute approximate surface area is 137 Å². The molecule has 3 aromatic rings. The van der Waals surface area contributed by atoms with Gasteiger partial charge in [-0.25, -0.2) is 9.18 Å². The fourth-order valence-corrected chi connectivity index (χ4v) is 2.24. The van der Waals surface area contributed by atoms with Crippen molar-refractivity contribution in [3.8, 4) is 0 Å².